The van der Waals surface area contributed by atoms with Gasteiger partial charge in [0.15, 0.2) is 5.82 Å². The highest BCUT2D eigenvalue weighted by Crippen LogP contribution is 2.18. The topological polar surface area (TPSA) is 62.7 Å². The predicted octanol–water partition coefficient (Wildman–Crippen LogP) is 3.72. The van der Waals surface area contributed by atoms with E-state index in [1.54, 1.807) is 18.3 Å². The molecule has 3 rings (SSSR count). The van der Waals surface area contributed by atoms with E-state index in [0.717, 1.165) is 11.3 Å². The van der Waals surface area contributed by atoms with Gasteiger partial charge < -0.3 is 10.6 Å². The maximum atomic E-state index is 13.6. The van der Waals surface area contributed by atoms with E-state index in [0.29, 0.717) is 30.3 Å². The summed E-state index contributed by atoms with van der Waals surface area (Å²) in [6, 6.07) is 14.7. The number of nitrogens with one attached hydrogen (secondary N) is 2. The maximum Gasteiger partial charge on any atom is 0.244 e. The fraction of sp³-hybridized carbons (Fsp3) is 0.167. The van der Waals surface area contributed by atoms with E-state index in [1.807, 2.05) is 37.3 Å². The second kappa shape index (κ2) is 7.50. The SMILES string of the molecule is Cc1ccccc1Nc1cnnc(NCCc2ccccc2F)n1. The summed E-state index contributed by atoms with van der Waals surface area (Å²) < 4.78 is 13.6. The fourth-order valence-electron chi connectivity index (χ4n) is 2.30. The van der Waals surface area contributed by atoms with E-state index in [4.69, 9.17) is 0 Å². The van der Waals surface area contributed by atoms with E-state index in [1.165, 1.54) is 6.07 Å². The van der Waals surface area contributed by atoms with Gasteiger partial charge in [0.05, 0.1) is 6.20 Å². The summed E-state index contributed by atoms with van der Waals surface area (Å²) in [4.78, 5) is 4.37. The molecule has 24 heavy (non-hydrogen) atoms. The lowest BCUT2D eigenvalue weighted by atomic mass is 10.1. The fourth-order valence-corrected chi connectivity index (χ4v) is 2.30. The normalized spacial score (nSPS) is 10.4. The molecule has 1 aromatic heterocycles. The molecule has 6 heteroatoms. The molecule has 0 spiro atoms. The Morgan fingerprint density at radius 3 is 2.67 bits per heavy atom. The second-order valence-corrected chi connectivity index (χ2v) is 5.37. The number of halogens is 1. The lowest BCUT2D eigenvalue weighted by Gasteiger charge is -2.09. The highest BCUT2D eigenvalue weighted by atomic mass is 19.1. The van der Waals surface area contributed by atoms with Crippen LogP contribution in [0.15, 0.2) is 54.7 Å². The van der Waals surface area contributed by atoms with Gasteiger partial charge in [0.2, 0.25) is 5.95 Å². The first kappa shape index (κ1) is 15.9. The van der Waals surface area contributed by atoms with Crippen LogP contribution in [0.3, 0.4) is 0 Å². The lowest BCUT2D eigenvalue weighted by molar-refractivity contribution is 0.610. The number of nitrogens with zero attached hydrogens (tertiary/aromatic N) is 3. The Morgan fingerprint density at radius 1 is 1.04 bits per heavy atom. The first-order valence-electron chi connectivity index (χ1n) is 7.72. The number of aromatic nitrogens is 3. The predicted molar refractivity (Wildman–Crippen MR) is 92.9 cm³/mol. The van der Waals surface area contributed by atoms with Crippen LogP contribution in [0.2, 0.25) is 0 Å². The van der Waals surface area contributed by atoms with Crippen LogP contribution in [0, 0.1) is 12.7 Å². The molecule has 0 saturated heterocycles. The zero-order chi connectivity index (χ0) is 16.8. The number of anilines is 3. The molecule has 1 heterocycles. The summed E-state index contributed by atoms with van der Waals surface area (Å²) in [5, 5.41) is 14.2. The van der Waals surface area contributed by atoms with Crippen molar-refractivity contribution in [2.24, 2.45) is 0 Å². The van der Waals surface area contributed by atoms with Gasteiger partial charge in [-0.1, -0.05) is 36.4 Å². The number of hydrogen-bond donors (Lipinski definition) is 2. The van der Waals surface area contributed by atoms with Crippen molar-refractivity contribution in [3.63, 3.8) is 0 Å². The minimum absolute atomic E-state index is 0.201. The average Bonchev–Trinajstić information content (AvgIpc) is 2.59. The van der Waals surface area contributed by atoms with Crippen LogP contribution in [0.25, 0.3) is 0 Å². The van der Waals surface area contributed by atoms with Crippen LogP contribution in [0.1, 0.15) is 11.1 Å². The molecule has 0 aliphatic carbocycles. The Bertz CT molecular complexity index is 822. The molecule has 122 valence electrons. The minimum Gasteiger partial charge on any atom is -0.353 e. The molecular formula is C18H18FN5. The van der Waals surface area contributed by atoms with E-state index in [-0.39, 0.29) is 5.82 Å². The summed E-state index contributed by atoms with van der Waals surface area (Å²) in [6.45, 7) is 2.54. The molecular weight excluding hydrogens is 305 g/mol. The number of aryl methyl sites for hydroxylation is 1. The minimum atomic E-state index is -0.201. The Labute approximate surface area is 140 Å². The lowest BCUT2D eigenvalue weighted by Crippen LogP contribution is -2.10. The third-order valence-electron chi connectivity index (χ3n) is 3.60. The molecule has 0 fully saturated rings. The maximum absolute atomic E-state index is 13.6. The van der Waals surface area contributed by atoms with Gasteiger partial charge in [-0.25, -0.2) is 4.39 Å². The summed E-state index contributed by atoms with van der Waals surface area (Å²) >= 11 is 0. The van der Waals surface area contributed by atoms with Crippen LogP contribution in [-0.4, -0.2) is 21.7 Å². The molecule has 0 aliphatic rings. The number of benzene rings is 2. The standard InChI is InChI=1S/C18H18FN5/c1-13-6-2-5-9-16(13)22-17-12-21-24-18(23-17)20-11-10-14-7-3-4-8-15(14)19/h2-9,12H,10-11H2,1H3,(H2,20,22,23,24). The zero-order valence-corrected chi connectivity index (χ0v) is 13.3. The van der Waals surface area contributed by atoms with Crippen molar-refractivity contribution in [1.82, 2.24) is 15.2 Å². The van der Waals surface area contributed by atoms with Crippen molar-refractivity contribution in [3.8, 4) is 0 Å². The summed E-state index contributed by atoms with van der Waals surface area (Å²) in [7, 11) is 0. The van der Waals surface area contributed by atoms with Gasteiger partial charge in [-0.2, -0.15) is 10.1 Å². The van der Waals surface area contributed by atoms with Crippen LogP contribution in [-0.2, 0) is 6.42 Å². The van der Waals surface area contributed by atoms with Crippen molar-refractivity contribution in [3.05, 3.63) is 71.7 Å². The van der Waals surface area contributed by atoms with E-state index in [9.17, 15) is 4.39 Å². The zero-order valence-electron chi connectivity index (χ0n) is 13.3. The molecule has 5 nitrogen and oxygen atoms in total. The van der Waals surface area contributed by atoms with Gasteiger partial charge >= 0.3 is 0 Å². The van der Waals surface area contributed by atoms with Gasteiger partial charge in [0.1, 0.15) is 5.82 Å². The van der Waals surface area contributed by atoms with Crippen LogP contribution >= 0.6 is 0 Å². The molecule has 0 unspecified atom stereocenters. The number of hydrogen-bond acceptors (Lipinski definition) is 5. The van der Waals surface area contributed by atoms with Crippen molar-refractivity contribution in [2.45, 2.75) is 13.3 Å². The van der Waals surface area contributed by atoms with Gasteiger partial charge in [-0.05, 0) is 36.6 Å². The first-order valence-corrected chi connectivity index (χ1v) is 7.72. The van der Waals surface area contributed by atoms with E-state index >= 15 is 0 Å². The highest BCUT2D eigenvalue weighted by Gasteiger charge is 2.04. The number of para-hydroxylation sites is 1. The Morgan fingerprint density at radius 2 is 1.83 bits per heavy atom. The molecule has 2 N–H and O–H groups in total. The average molecular weight is 323 g/mol. The Hall–Kier alpha value is -3.02. The summed E-state index contributed by atoms with van der Waals surface area (Å²) in [6.07, 6.45) is 2.11. The first-order chi connectivity index (χ1) is 11.7. The Balaban J connectivity index is 1.61. The largest absolute Gasteiger partial charge is 0.353 e. The van der Waals surface area contributed by atoms with E-state index in [2.05, 4.69) is 25.8 Å². The monoisotopic (exact) mass is 323 g/mol. The van der Waals surface area contributed by atoms with Crippen molar-refractivity contribution >= 4 is 17.5 Å². The molecule has 0 amide bonds. The van der Waals surface area contributed by atoms with Crippen molar-refractivity contribution in [1.29, 1.82) is 0 Å². The highest BCUT2D eigenvalue weighted by molar-refractivity contribution is 5.59. The second-order valence-electron chi connectivity index (χ2n) is 5.37. The third-order valence-corrected chi connectivity index (χ3v) is 3.60. The smallest absolute Gasteiger partial charge is 0.244 e. The molecule has 0 saturated carbocycles. The van der Waals surface area contributed by atoms with E-state index < -0.39 is 0 Å². The molecule has 0 radical (unpaired) electrons. The number of rotatable bonds is 6. The van der Waals surface area contributed by atoms with Crippen LogP contribution in [0.4, 0.5) is 21.8 Å². The van der Waals surface area contributed by atoms with Crippen LogP contribution < -0.4 is 10.6 Å². The third kappa shape index (κ3) is 4.04. The van der Waals surface area contributed by atoms with Crippen LogP contribution in [0.5, 0.6) is 0 Å². The molecule has 0 aliphatic heterocycles. The van der Waals surface area contributed by atoms with Gasteiger partial charge in [-0.15, -0.1) is 5.10 Å². The van der Waals surface area contributed by atoms with Gasteiger partial charge in [0.25, 0.3) is 0 Å². The van der Waals surface area contributed by atoms with Crippen molar-refractivity contribution < 1.29 is 4.39 Å². The van der Waals surface area contributed by atoms with Gasteiger partial charge in [-0.3, -0.25) is 0 Å². The van der Waals surface area contributed by atoms with Gasteiger partial charge in [0, 0.05) is 12.2 Å². The Kier molecular flexibility index (Phi) is 4.96. The molecule has 3 aromatic rings. The molecule has 0 atom stereocenters. The quantitative estimate of drug-likeness (QED) is 0.724. The van der Waals surface area contributed by atoms with Crippen molar-refractivity contribution in [2.75, 3.05) is 17.2 Å². The molecule has 2 aromatic carbocycles. The molecule has 0 bridgehead atoms. The summed E-state index contributed by atoms with van der Waals surface area (Å²) in [5.74, 6) is 0.811. The summed E-state index contributed by atoms with van der Waals surface area (Å²) in [5.41, 5.74) is 2.74.